The molecule has 1 aromatic rings. The van der Waals surface area contributed by atoms with Crippen molar-refractivity contribution in [2.45, 2.75) is 13.3 Å². The Bertz CT molecular complexity index is 261. The zero-order chi connectivity index (χ0) is 8.97. The number of anilines is 1. The van der Waals surface area contributed by atoms with Crippen molar-refractivity contribution in [1.29, 1.82) is 0 Å². The van der Waals surface area contributed by atoms with Crippen molar-refractivity contribution in [3.8, 4) is 11.5 Å². The second-order valence-corrected chi connectivity index (χ2v) is 2.63. The molecule has 66 valence electrons. The number of hydrogen-bond acceptors (Lipinski definition) is 3. The summed E-state index contributed by atoms with van der Waals surface area (Å²) < 4.78 is 0. The Hall–Kier alpha value is -1.38. The highest BCUT2D eigenvalue weighted by molar-refractivity contribution is 5.57. The molecule has 1 rings (SSSR count). The molecule has 0 radical (unpaired) electrons. The molecule has 0 spiro atoms. The van der Waals surface area contributed by atoms with E-state index < -0.39 is 0 Å². The van der Waals surface area contributed by atoms with Crippen LogP contribution in [0, 0.1) is 0 Å². The molecule has 0 heterocycles. The van der Waals surface area contributed by atoms with Crippen molar-refractivity contribution in [3.63, 3.8) is 0 Å². The summed E-state index contributed by atoms with van der Waals surface area (Å²) in [6, 6.07) is 4.51. The molecular formula is C9H13NO2. The third-order valence-electron chi connectivity index (χ3n) is 1.55. The fourth-order valence-electron chi connectivity index (χ4n) is 0.929. The third kappa shape index (κ3) is 2.05. The molecule has 0 saturated heterocycles. The summed E-state index contributed by atoms with van der Waals surface area (Å²) in [6.45, 7) is 2.86. The van der Waals surface area contributed by atoms with Crippen LogP contribution in [0.1, 0.15) is 13.3 Å². The van der Waals surface area contributed by atoms with Crippen molar-refractivity contribution in [2.75, 3.05) is 11.9 Å². The molecule has 0 atom stereocenters. The normalized spacial score (nSPS) is 9.75. The van der Waals surface area contributed by atoms with Gasteiger partial charge in [0.25, 0.3) is 0 Å². The molecular weight excluding hydrogens is 154 g/mol. The van der Waals surface area contributed by atoms with Crippen LogP contribution in [0.2, 0.25) is 0 Å². The van der Waals surface area contributed by atoms with Crippen molar-refractivity contribution < 1.29 is 10.2 Å². The van der Waals surface area contributed by atoms with E-state index in [-0.39, 0.29) is 11.5 Å². The summed E-state index contributed by atoms with van der Waals surface area (Å²) >= 11 is 0. The summed E-state index contributed by atoms with van der Waals surface area (Å²) in [5.41, 5.74) is 0.662. The number of benzene rings is 1. The second-order valence-electron chi connectivity index (χ2n) is 2.63. The van der Waals surface area contributed by atoms with Gasteiger partial charge in [0.1, 0.15) is 11.5 Å². The van der Waals surface area contributed by atoms with E-state index in [1.54, 1.807) is 6.07 Å². The lowest BCUT2D eigenvalue weighted by molar-refractivity contribution is 0.452. The van der Waals surface area contributed by atoms with Gasteiger partial charge < -0.3 is 15.5 Å². The summed E-state index contributed by atoms with van der Waals surface area (Å²) in [4.78, 5) is 0. The highest BCUT2D eigenvalue weighted by Crippen LogP contribution is 2.26. The highest BCUT2D eigenvalue weighted by atomic mass is 16.3. The quantitative estimate of drug-likeness (QED) is 0.476. The maximum absolute atomic E-state index is 9.30. The lowest BCUT2D eigenvalue weighted by Gasteiger charge is -2.06. The van der Waals surface area contributed by atoms with E-state index in [9.17, 15) is 5.11 Å². The first-order valence-corrected chi connectivity index (χ1v) is 4.00. The van der Waals surface area contributed by atoms with E-state index in [0.29, 0.717) is 5.69 Å². The number of phenols is 2. The zero-order valence-corrected chi connectivity index (χ0v) is 7.04. The highest BCUT2D eigenvalue weighted by Gasteiger charge is 1.99. The van der Waals surface area contributed by atoms with Crippen LogP contribution in [-0.2, 0) is 0 Å². The summed E-state index contributed by atoms with van der Waals surface area (Å²) in [6.07, 6.45) is 1.00. The average molecular weight is 167 g/mol. The molecule has 3 N–H and O–H groups in total. The van der Waals surface area contributed by atoms with E-state index in [0.717, 1.165) is 13.0 Å². The van der Waals surface area contributed by atoms with E-state index in [1.165, 1.54) is 12.1 Å². The Balaban J connectivity index is 2.72. The van der Waals surface area contributed by atoms with Gasteiger partial charge in [-0.05, 0) is 18.6 Å². The third-order valence-corrected chi connectivity index (χ3v) is 1.55. The van der Waals surface area contributed by atoms with Gasteiger partial charge >= 0.3 is 0 Å². The van der Waals surface area contributed by atoms with Crippen LogP contribution >= 0.6 is 0 Å². The smallest absolute Gasteiger partial charge is 0.142 e. The van der Waals surface area contributed by atoms with E-state index in [4.69, 9.17) is 5.11 Å². The molecule has 12 heavy (non-hydrogen) atoms. The minimum absolute atomic E-state index is 0.0783. The van der Waals surface area contributed by atoms with Crippen molar-refractivity contribution in [2.24, 2.45) is 0 Å². The van der Waals surface area contributed by atoms with Crippen LogP contribution in [0.25, 0.3) is 0 Å². The van der Waals surface area contributed by atoms with Crippen molar-refractivity contribution in [3.05, 3.63) is 18.2 Å². The zero-order valence-electron chi connectivity index (χ0n) is 7.04. The topological polar surface area (TPSA) is 52.5 Å². The van der Waals surface area contributed by atoms with Crippen LogP contribution in [0.5, 0.6) is 11.5 Å². The maximum Gasteiger partial charge on any atom is 0.142 e. The van der Waals surface area contributed by atoms with E-state index in [1.807, 2.05) is 6.92 Å². The molecule has 0 amide bonds. The first-order chi connectivity index (χ1) is 5.74. The SMILES string of the molecule is CCCNc1ccc(O)cc1O. The molecule has 3 heteroatoms. The van der Waals surface area contributed by atoms with Gasteiger partial charge in [-0.1, -0.05) is 6.92 Å². The first-order valence-electron chi connectivity index (χ1n) is 4.00. The molecule has 0 aliphatic heterocycles. The van der Waals surface area contributed by atoms with Crippen LogP contribution in [-0.4, -0.2) is 16.8 Å². The Labute approximate surface area is 71.7 Å². The van der Waals surface area contributed by atoms with Gasteiger partial charge in [0.15, 0.2) is 0 Å². The number of phenolic OH excluding ortho intramolecular Hbond substituents is 2. The van der Waals surface area contributed by atoms with Crippen LogP contribution in [0.3, 0.4) is 0 Å². The summed E-state index contributed by atoms with van der Waals surface area (Å²) in [5.74, 6) is 0.165. The van der Waals surface area contributed by atoms with Crippen molar-refractivity contribution >= 4 is 5.69 Å². The minimum atomic E-state index is 0.0783. The molecule has 1 aromatic carbocycles. The summed E-state index contributed by atoms with van der Waals surface area (Å²) in [7, 11) is 0. The van der Waals surface area contributed by atoms with Crippen LogP contribution in [0.4, 0.5) is 5.69 Å². The van der Waals surface area contributed by atoms with Gasteiger partial charge in [-0.3, -0.25) is 0 Å². The van der Waals surface area contributed by atoms with Gasteiger partial charge in [0.2, 0.25) is 0 Å². The molecule has 0 saturated carbocycles. The standard InChI is InChI=1S/C9H13NO2/c1-2-5-10-8-4-3-7(11)6-9(8)12/h3-4,6,10-12H,2,5H2,1H3. The number of aromatic hydroxyl groups is 2. The van der Waals surface area contributed by atoms with Crippen LogP contribution in [0.15, 0.2) is 18.2 Å². The molecule has 0 aliphatic carbocycles. The Morgan fingerprint density at radius 2 is 2.08 bits per heavy atom. The Morgan fingerprint density at radius 3 is 2.67 bits per heavy atom. The molecule has 0 fully saturated rings. The van der Waals surface area contributed by atoms with Gasteiger partial charge in [0.05, 0.1) is 5.69 Å². The van der Waals surface area contributed by atoms with E-state index >= 15 is 0 Å². The van der Waals surface area contributed by atoms with Crippen LogP contribution < -0.4 is 5.32 Å². The largest absolute Gasteiger partial charge is 0.508 e. The maximum atomic E-state index is 9.30. The Morgan fingerprint density at radius 1 is 1.33 bits per heavy atom. The average Bonchev–Trinajstić information content (AvgIpc) is 2.03. The second kappa shape index (κ2) is 3.85. The summed E-state index contributed by atoms with van der Waals surface area (Å²) in [5, 5.41) is 21.3. The van der Waals surface area contributed by atoms with Gasteiger partial charge in [-0.25, -0.2) is 0 Å². The lowest BCUT2D eigenvalue weighted by atomic mass is 10.2. The van der Waals surface area contributed by atoms with E-state index in [2.05, 4.69) is 5.32 Å². The fraction of sp³-hybridized carbons (Fsp3) is 0.333. The number of hydrogen-bond donors (Lipinski definition) is 3. The van der Waals surface area contributed by atoms with Gasteiger partial charge in [0, 0.05) is 12.6 Å². The van der Waals surface area contributed by atoms with Gasteiger partial charge in [-0.2, -0.15) is 0 Å². The fourth-order valence-corrected chi connectivity index (χ4v) is 0.929. The van der Waals surface area contributed by atoms with Gasteiger partial charge in [-0.15, -0.1) is 0 Å². The number of rotatable bonds is 3. The molecule has 0 aliphatic rings. The predicted molar refractivity (Wildman–Crippen MR) is 48.6 cm³/mol. The minimum Gasteiger partial charge on any atom is -0.508 e. The molecule has 0 unspecified atom stereocenters. The molecule has 0 aromatic heterocycles. The number of nitrogens with one attached hydrogen (secondary N) is 1. The predicted octanol–water partition coefficient (Wildman–Crippen LogP) is 1.92. The van der Waals surface area contributed by atoms with Crippen molar-refractivity contribution in [1.82, 2.24) is 0 Å². The first kappa shape index (κ1) is 8.71. The monoisotopic (exact) mass is 167 g/mol. The Kier molecular flexibility index (Phi) is 2.80. The molecule has 3 nitrogen and oxygen atoms in total. The lowest BCUT2D eigenvalue weighted by Crippen LogP contribution is -1.99. The molecule has 0 bridgehead atoms.